The summed E-state index contributed by atoms with van der Waals surface area (Å²) in [6.07, 6.45) is 0. The van der Waals surface area contributed by atoms with Gasteiger partial charge in [-0.15, -0.1) is 0 Å². The molecule has 0 radical (unpaired) electrons. The Morgan fingerprint density at radius 3 is 2.42 bits per heavy atom. The lowest BCUT2D eigenvalue weighted by Crippen LogP contribution is -1.95. The van der Waals surface area contributed by atoms with Crippen LogP contribution in [0.3, 0.4) is 0 Å². The van der Waals surface area contributed by atoms with Gasteiger partial charge in [0.05, 0.1) is 17.1 Å². The van der Waals surface area contributed by atoms with Crippen molar-refractivity contribution in [2.75, 3.05) is 5.73 Å². The van der Waals surface area contributed by atoms with Gasteiger partial charge in [-0.2, -0.15) is 0 Å². The number of nitrogen functional groups attached to an aromatic ring is 1. The molecule has 0 fully saturated rings. The zero-order valence-corrected chi connectivity index (χ0v) is 10.5. The second-order valence-electron chi connectivity index (χ2n) is 4.51. The molecule has 0 saturated heterocycles. The van der Waals surface area contributed by atoms with Crippen molar-refractivity contribution in [1.82, 2.24) is 4.98 Å². The number of anilines is 1. The number of hydrogen-bond acceptors (Lipinski definition) is 2. The first kappa shape index (κ1) is 11.7. The number of nitrogens with zero attached hydrogens (tertiary/aromatic N) is 1. The van der Waals surface area contributed by atoms with Gasteiger partial charge >= 0.3 is 0 Å². The first-order valence-electron chi connectivity index (χ1n) is 6.07. The number of benzene rings is 2. The summed E-state index contributed by atoms with van der Waals surface area (Å²) < 4.78 is 13.8. The number of pyridine rings is 1. The maximum Gasteiger partial charge on any atom is 0.131 e. The van der Waals surface area contributed by atoms with Gasteiger partial charge in [-0.1, -0.05) is 24.3 Å². The summed E-state index contributed by atoms with van der Waals surface area (Å²) in [6, 6.07) is 14.3. The minimum atomic E-state index is -0.216. The summed E-state index contributed by atoms with van der Waals surface area (Å²) in [6.45, 7) is 1.87. The lowest BCUT2D eigenvalue weighted by atomic mass is 10.0. The van der Waals surface area contributed by atoms with E-state index in [9.17, 15) is 4.39 Å². The van der Waals surface area contributed by atoms with Gasteiger partial charge in [-0.25, -0.2) is 4.39 Å². The SMILES string of the molecule is Cc1nc(-c2ccc(F)c3ccccc23)ccc1N. The third-order valence-electron chi connectivity index (χ3n) is 3.27. The Morgan fingerprint density at radius 1 is 0.947 bits per heavy atom. The third-order valence-corrected chi connectivity index (χ3v) is 3.27. The van der Waals surface area contributed by atoms with Crippen LogP contribution in [0.5, 0.6) is 0 Å². The van der Waals surface area contributed by atoms with Crippen LogP contribution in [0.2, 0.25) is 0 Å². The van der Waals surface area contributed by atoms with Crippen LogP contribution in [-0.4, -0.2) is 4.98 Å². The predicted octanol–water partition coefficient (Wildman–Crippen LogP) is 3.93. The molecule has 2 N–H and O–H groups in total. The summed E-state index contributed by atoms with van der Waals surface area (Å²) in [5.41, 5.74) is 8.95. The van der Waals surface area contributed by atoms with Crippen LogP contribution >= 0.6 is 0 Å². The van der Waals surface area contributed by atoms with Crippen LogP contribution in [0.15, 0.2) is 48.5 Å². The van der Waals surface area contributed by atoms with Crippen molar-refractivity contribution in [3.8, 4) is 11.3 Å². The van der Waals surface area contributed by atoms with Gasteiger partial charge in [0.25, 0.3) is 0 Å². The maximum atomic E-state index is 13.8. The standard InChI is InChI=1S/C16H13FN2/c1-10-15(18)8-9-16(19-10)13-6-7-14(17)12-5-3-2-4-11(12)13/h2-9H,18H2,1H3. The highest BCUT2D eigenvalue weighted by molar-refractivity contribution is 5.96. The Bertz CT molecular complexity index is 766. The molecule has 0 aliphatic heterocycles. The van der Waals surface area contributed by atoms with Gasteiger partial charge in [-0.05, 0) is 36.6 Å². The smallest absolute Gasteiger partial charge is 0.131 e. The average molecular weight is 252 g/mol. The third kappa shape index (κ3) is 1.93. The highest BCUT2D eigenvalue weighted by atomic mass is 19.1. The van der Waals surface area contributed by atoms with Crippen molar-refractivity contribution in [3.63, 3.8) is 0 Å². The predicted molar refractivity (Wildman–Crippen MR) is 76.3 cm³/mol. The molecule has 0 saturated carbocycles. The molecule has 3 aromatic rings. The fraction of sp³-hybridized carbons (Fsp3) is 0.0625. The highest BCUT2D eigenvalue weighted by Gasteiger charge is 2.09. The molecule has 0 aliphatic rings. The molecule has 0 bridgehead atoms. The summed E-state index contributed by atoms with van der Waals surface area (Å²) in [5.74, 6) is -0.216. The van der Waals surface area contributed by atoms with Gasteiger partial charge in [-0.3, -0.25) is 4.98 Å². The van der Waals surface area contributed by atoms with Crippen LogP contribution in [0.4, 0.5) is 10.1 Å². The van der Waals surface area contributed by atoms with E-state index in [0.29, 0.717) is 11.1 Å². The second-order valence-corrected chi connectivity index (χ2v) is 4.51. The van der Waals surface area contributed by atoms with Crippen LogP contribution in [0.1, 0.15) is 5.69 Å². The van der Waals surface area contributed by atoms with Crippen molar-refractivity contribution < 1.29 is 4.39 Å². The number of aryl methyl sites for hydroxylation is 1. The van der Waals surface area contributed by atoms with E-state index in [0.717, 1.165) is 22.3 Å². The Balaban J connectivity index is 2.31. The quantitative estimate of drug-likeness (QED) is 0.712. The van der Waals surface area contributed by atoms with Crippen molar-refractivity contribution >= 4 is 16.5 Å². The highest BCUT2D eigenvalue weighted by Crippen LogP contribution is 2.29. The Labute approximate surface area is 110 Å². The molecule has 0 atom stereocenters. The number of rotatable bonds is 1. The van der Waals surface area contributed by atoms with E-state index in [1.807, 2.05) is 37.3 Å². The zero-order valence-electron chi connectivity index (χ0n) is 10.5. The molecule has 2 aromatic carbocycles. The second kappa shape index (κ2) is 4.35. The maximum absolute atomic E-state index is 13.8. The number of aromatic nitrogens is 1. The van der Waals surface area contributed by atoms with E-state index in [2.05, 4.69) is 4.98 Å². The van der Waals surface area contributed by atoms with Gasteiger partial charge in [0.15, 0.2) is 0 Å². The average Bonchev–Trinajstić information content (AvgIpc) is 2.43. The molecule has 1 aromatic heterocycles. The fourth-order valence-electron chi connectivity index (χ4n) is 2.21. The normalized spacial score (nSPS) is 10.8. The molecule has 0 spiro atoms. The lowest BCUT2D eigenvalue weighted by Gasteiger charge is -2.08. The first-order chi connectivity index (χ1) is 9.16. The van der Waals surface area contributed by atoms with E-state index in [1.165, 1.54) is 6.07 Å². The lowest BCUT2D eigenvalue weighted by molar-refractivity contribution is 0.640. The van der Waals surface area contributed by atoms with Crippen molar-refractivity contribution in [2.45, 2.75) is 6.92 Å². The minimum Gasteiger partial charge on any atom is -0.397 e. The van der Waals surface area contributed by atoms with Crippen LogP contribution in [0.25, 0.3) is 22.0 Å². The molecule has 3 rings (SSSR count). The van der Waals surface area contributed by atoms with E-state index in [1.54, 1.807) is 12.1 Å². The topological polar surface area (TPSA) is 38.9 Å². The number of hydrogen-bond donors (Lipinski definition) is 1. The van der Waals surface area contributed by atoms with Crippen molar-refractivity contribution in [1.29, 1.82) is 0 Å². The molecule has 0 unspecified atom stereocenters. The molecular weight excluding hydrogens is 239 g/mol. The van der Waals surface area contributed by atoms with Crippen molar-refractivity contribution in [3.05, 3.63) is 60.0 Å². The van der Waals surface area contributed by atoms with Gasteiger partial charge in [0.2, 0.25) is 0 Å². The molecule has 2 nitrogen and oxygen atoms in total. The molecule has 0 aliphatic carbocycles. The zero-order chi connectivity index (χ0) is 13.4. The van der Waals surface area contributed by atoms with Gasteiger partial charge in [0, 0.05) is 10.9 Å². The number of halogens is 1. The molecule has 94 valence electrons. The van der Waals surface area contributed by atoms with Gasteiger partial charge in [0.1, 0.15) is 5.82 Å². The number of nitrogens with two attached hydrogens (primary N) is 1. The molecular formula is C16H13FN2. The summed E-state index contributed by atoms with van der Waals surface area (Å²) >= 11 is 0. The van der Waals surface area contributed by atoms with E-state index >= 15 is 0 Å². The van der Waals surface area contributed by atoms with Crippen LogP contribution in [0, 0.1) is 12.7 Å². The van der Waals surface area contributed by atoms with E-state index < -0.39 is 0 Å². The minimum absolute atomic E-state index is 0.216. The van der Waals surface area contributed by atoms with Crippen LogP contribution < -0.4 is 5.73 Å². The van der Waals surface area contributed by atoms with Crippen molar-refractivity contribution in [2.24, 2.45) is 0 Å². The largest absolute Gasteiger partial charge is 0.397 e. The Kier molecular flexibility index (Phi) is 2.67. The first-order valence-corrected chi connectivity index (χ1v) is 6.07. The van der Waals surface area contributed by atoms with E-state index in [4.69, 9.17) is 5.73 Å². The summed E-state index contributed by atoms with van der Waals surface area (Å²) in [5, 5.41) is 1.47. The Morgan fingerprint density at radius 2 is 1.68 bits per heavy atom. The molecule has 3 heteroatoms. The molecule has 1 heterocycles. The summed E-state index contributed by atoms with van der Waals surface area (Å²) in [7, 11) is 0. The molecule has 0 amide bonds. The van der Waals surface area contributed by atoms with E-state index in [-0.39, 0.29) is 5.82 Å². The van der Waals surface area contributed by atoms with Gasteiger partial charge < -0.3 is 5.73 Å². The molecule has 19 heavy (non-hydrogen) atoms. The summed E-state index contributed by atoms with van der Waals surface area (Å²) in [4.78, 5) is 4.48. The number of fused-ring (bicyclic) bond motifs is 1. The van der Waals surface area contributed by atoms with Crippen LogP contribution in [-0.2, 0) is 0 Å². The fourth-order valence-corrected chi connectivity index (χ4v) is 2.21. The Hall–Kier alpha value is -2.42. The monoisotopic (exact) mass is 252 g/mol.